The van der Waals surface area contributed by atoms with Crippen LogP contribution in [0.4, 0.5) is 0 Å². The lowest BCUT2D eigenvalue weighted by atomic mass is 10.1. The van der Waals surface area contributed by atoms with Crippen molar-refractivity contribution in [3.63, 3.8) is 0 Å². The molecular formula is C14H22N2O2. The van der Waals surface area contributed by atoms with Crippen LogP contribution in [0.15, 0.2) is 24.3 Å². The number of benzene rings is 1. The van der Waals surface area contributed by atoms with Crippen LogP contribution in [0.3, 0.4) is 0 Å². The number of carbonyl (C=O) groups is 1. The molecule has 0 aliphatic heterocycles. The van der Waals surface area contributed by atoms with Crippen LogP contribution in [0.1, 0.15) is 32.3 Å². The summed E-state index contributed by atoms with van der Waals surface area (Å²) < 4.78 is 5.50. The highest BCUT2D eigenvalue weighted by Crippen LogP contribution is 2.17. The predicted molar refractivity (Wildman–Crippen MR) is 72.3 cm³/mol. The molecule has 1 atom stereocenters. The van der Waals surface area contributed by atoms with Crippen molar-refractivity contribution in [1.82, 2.24) is 5.32 Å². The van der Waals surface area contributed by atoms with Gasteiger partial charge >= 0.3 is 0 Å². The van der Waals surface area contributed by atoms with Crippen LogP contribution in [0.25, 0.3) is 0 Å². The Labute approximate surface area is 109 Å². The van der Waals surface area contributed by atoms with Crippen molar-refractivity contribution in [2.24, 2.45) is 5.73 Å². The Bertz CT molecular complexity index is 378. The van der Waals surface area contributed by atoms with E-state index < -0.39 is 0 Å². The summed E-state index contributed by atoms with van der Waals surface area (Å²) in [5.41, 5.74) is 6.61. The molecule has 0 saturated carbocycles. The highest BCUT2D eigenvalue weighted by Gasteiger charge is 2.06. The van der Waals surface area contributed by atoms with Crippen LogP contribution < -0.4 is 15.8 Å². The van der Waals surface area contributed by atoms with E-state index in [0.717, 1.165) is 11.3 Å². The molecule has 0 aliphatic rings. The van der Waals surface area contributed by atoms with Crippen molar-refractivity contribution < 1.29 is 9.53 Å². The zero-order chi connectivity index (χ0) is 13.4. The molecule has 0 aliphatic carbocycles. The van der Waals surface area contributed by atoms with Gasteiger partial charge in [0.05, 0.1) is 6.61 Å². The second-order valence-electron chi connectivity index (χ2n) is 4.33. The molecule has 0 bridgehead atoms. The van der Waals surface area contributed by atoms with E-state index in [4.69, 9.17) is 10.5 Å². The van der Waals surface area contributed by atoms with Crippen molar-refractivity contribution in [3.05, 3.63) is 29.8 Å². The third-order valence-corrected chi connectivity index (χ3v) is 2.58. The molecule has 1 aromatic rings. The third kappa shape index (κ3) is 5.19. The zero-order valence-corrected chi connectivity index (χ0v) is 11.1. The van der Waals surface area contributed by atoms with E-state index in [-0.39, 0.29) is 11.9 Å². The fourth-order valence-electron chi connectivity index (χ4n) is 1.59. The highest BCUT2D eigenvalue weighted by atomic mass is 16.5. The van der Waals surface area contributed by atoms with E-state index >= 15 is 0 Å². The average molecular weight is 250 g/mol. The molecule has 4 heteroatoms. The van der Waals surface area contributed by atoms with Gasteiger partial charge in [-0.05, 0) is 26.3 Å². The maximum Gasteiger partial charge on any atom is 0.220 e. The first-order valence-corrected chi connectivity index (χ1v) is 6.36. The number of hydrogen-bond donors (Lipinski definition) is 2. The first-order chi connectivity index (χ1) is 8.63. The molecule has 18 heavy (non-hydrogen) atoms. The molecule has 0 saturated heterocycles. The fourth-order valence-corrected chi connectivity index (χ4v) is 1.59. The molecule has 4 nitrogen and oxygen atoms in total. The minimum absolute atomic E-state index is 0.0265. The van der Waals surface area contributed by atoms with Gasteiger partial charge in [0, 0.05) is 24.6 Å². The van der Waals surface area contributed by atoms with Crippen LogP contribution in [0.2, 0.25) is 0 Å². The van der Waals surface area contributed by atoms with Crippen LogP contribution in [-0.2, 0) is 11.3 Å². The second kappa shape index (κ2) is 7.71. The Balaban J connectivity index is 2.45. The Morgan fingerprint density at radius 3 is 2.83 bits per heavy atom. The molecule has 1 aromatic carbocycles. The summed E-state index contributed by atoms with van der Waals surface area (Å²) in [6.07, 6.45) is 1.17. The summed E-state index contributed by atoms with van der Waals surface area (Å²) in [5.74, 6) is 0.853. The number of amides is 1. The van der Waals surface area contributed by atoms with Crippen molar-refractivity contribution in [2.75, 3.05) is 6.61 Å². The lowest BCUT2D eigenvalue weighted by Gasteiger charge is -2.11. The minimum atomic E-state index is 0.0265. The lowest BCUT2D eigenvalue weighted by molar-refractivity contribution is -0.121. The van der Waals surface area contributed by atoms with Crippen LogP contribution in [0, 0.1) is 0 Å². The summed E-state index contributed by atoms with van der Waals surface area (Å²) in [5, 5.41) is 2.88. The Morgan fingerprint density at radius 1 is 1.44 bits per heavy atom. The minimum Gasteiger partial charge on any atom is -0.494 e. The Kier molecular flexibility index (Phi) is 6.22. The van der Waals surface area contributed by atoms with Crippen molar-refractivity contribution in [2.45, 2.75) is 39.3 Å². The van der Waals surface area contributed by atoms with Gasteiger partial charge in [-0.3, -0.25) is 4.79 Å². The van der Waals surface area contributed by atoms with Gasteiger partial charge in [-0.2, -0.15) is 0 Å². The zero-order valence-electron chi connectivity index (χ0n) is 11.1. The summed E-state index contributed by atoms with van der Waals surface area (Å²) in [6, 6.07) is 7.79. The van der Waals surface area contributed by atoms with Crippen LogP contribution in [0.5, 0.6) is 5.75 Å². The van der Waals surface area contributed by atoms with Gasteiger partial charge in [0.25, 0.3) is 0 Å². The van der Waals surface area contributed by atoms with Gasteiger partial charge in [-0.15, -0.1) is 0 Å². The van der Waals surface area contributed by atoms with E-state index in [9.17, 15) is 4.79 Å². The first kappa shape index (κ1) is 14.5. The molecular weight excluding hydrogens is 228 g/mol. The maximum absolute atomic E-state index is 11.6. The third-order valence-electron chi connectivity index (χ3n) is 2.58. The van der Waals surface area contributed by atoms with Gasteiger partial charge in [0.2, 0.25) is 5.91 Å². The van der Waals surface area contributed by atoms with Gasteiger partial charge in [-0.25, -0.2) is 0 Å². The van der Waals surface area contributed by atoms with E-state index in [0.29, 0.717) is 26.0 Å². The number of para-hydroxylation sites is 1. The fraction of sp³-hybridized carbons (Fsp3) is 0.500. The molecule has 0 fully saturated rings. The first-order valence-electron chi connectivity index (χ1n) is 6.36. The predicted octanol–water partition coefficient (Wildman–Crippen LogP) is 1.83. The lowest BCUT2D eigenvalue weighted by Crippen LogP contribution is -2.25. The summed E-state index contributed by atoms with van der Waals surface area (Å²) in [4.78, 5) is 11.6. The summed E-state index contributed by atoms with van der Waals surface area (Å²) in [6.45, 7) is 4.96. The van der Waals surface area contributed by atoms with E-state index in [1.807, 2.05) is 38.1 Å². The van der Waals surface area contributed by atoms with Crippen molar-refractivity contribution >= 4 is 5.91 Å². The normalized spacial score (nSPS) is 11.9. The average Bonchev–Trinajstić information content (AvgIpc) is 2.35. The largest absolute Gasteiger partial charge is 0.494 e. The molecule has 0 radical (unpaired) electrons. The van der Waals surface area contributed by atoms with Gasteiger partial charge in [-0.1, -0.05) is 18.2 Å². The number of carbonyl (C=O) groups excluding carboxylic acids is 1. The van der Waals surface area contributed by atoms with Gasteiger partial charge in [0.15, 0.2) is 0 Å². The molecule has 0 heterocycles. The second-order valence-corrected chi connectivity index (χ2v) is 4.33. The van der Waals surface area contributed by atoms with Gasteiger partial charge in [0.1, 0.15) is 5.75 Å². The Hall–Kier alpha value is -1.55. The molecule has 1 unspecified atom stereocenters. The molecule has 100 valence electrons. The van der Waals surface area contributed by atoms with E-state index in [2.05, 4.69) is 5.32 Å². The molecule has 0 spiro atoms. The standard InChI is InChI=1S/C14H22N2O2/c1-3-18-13-7-5-4-6-12(13)10-16-14(17)9-8-11(2)15/h4-7,11H,3,8-10,15H2,1-2H3,(H,16,17). The number of nitrogens with one attached hydrogen (secondary N) is 1. The number of nitrogens with two attached hydrogens (primary N) is 1. The molecule has 1 amide bonds. The quantitative estimate of drug-likeness (QED) is 0.776. The smallest absolute Gasteiger partial charge is 0.220 e. The summed E-state index contributed by atoms with van der Waals surface area (Å²) >= 11 is 0. The molecule has 3 N–H and O–H groups in total. The SMILES string of the molecule is CCOc1ccccc1CNC(=O)CCC(C)N. The maximum atomic E-state index is 11.6. The number of rotatable bonds is 7. The van der Waals surface area contributed by atoms with Crippen molar-refractivity contribution in [1.29, 1.82) is 0 Å². The number of hydrogen-bond acceptors (Lipinski definition) is 3. The molecule has 0 aromatic heterocycles. The summed E-state index contributed by atoms with van der Waals surface area (Å²) in [7, 11) is 0. The highest BCUT2D eigenvalue weighted by molar-refractivity contribution is 5.75. The van der Waals surface area contributed by atoms with Crippen LogP contribution in [-0.4, -0.2) is 18.6 Å². The van der Waals surface area contributed by atoms with E-state index in [1.54, 1.807) is 0 Å². The van der Waals surface area contributed by atoms with E-state index in [1.165, 1.54) is 0 Å². The Morgan fingerprint density at radius 2 is 2.17 bits per heavy atom. The van der Waals surface area contributed by atoms with Crippen LogP contribution >= 0.6 is 0 Å². The molecule has 1 rings (SSSR count). The monoisotopic (exact) mass is 250 g/mol. The number of ether oxygens (including phenoxy) is 1. The topological polar surface area (TPSA) is 64.3 Å². The van der Waals surface area contributed by atoms with Gasteiger partial charge < -0.3 is 15.8 Å². The van der Waals surface area contributed by atoms with Crippen molar-refractivity contribution in [3.8, 4) is 5.75 Å².